The van der Waals surface area contributed by atoms with E-state index in [1.54, 1.807) is 20.8 Å². The van der Waals surface area contributed by atoms with E-state index < -0.39 is 23.3 Å². The molecule has 0 spiro atoms. The number of amides is 1. The first-order chi connectivity index (χ1) is 9.38. The second kappa shape index (κ2) is 5.79. The van der Waals surface area contributed by atoms with Crippen LogP contribution >= 0.6 is 0 Å². The molecule has 0 aliphatic rings. The molecule has 8 heteroatoms. The third-order valence-electron chi connectivity index (χ3n) is 2.43. The number of aromatic nitrogens is 1. The number of nitrogens with one attached hydrogen (secondary N) is 2. The van der Waals surface area contributed by atoms with Gasteiger partial charge >= 0.3 is 6.18 Å². The van der Waals surface area contributed by atoms with E-state index in [9.17, 15) is 18.0 Å². The Balaban J connectivity index is 2.88. The molecule has 118 valence electrons. The monoisotopic (exact) mass is 304 g/mol. The molecule has 1 heterocycles. The molecule has 0 bridgehead atoms. The minimum atomic E-state index is -4.52. The van der Waals surface area contributed by atoms with Crippen molar-refractivity contribution in [2.24, 2.45) is 0 Å². The number of carbonyl (C=O) groups excluding carboxylic acids is 1. The Morgan fingerprint density at radius 2 is 1.86 bits per heavy atom. The predicted molar refractivity (Wildman–Crippen MR) is 74.6 cm³/mol. The third kappa shape index (κ3) is 5.49. The van der Waals surface area contributed by atoms with E-state index in [0.29, 0.717) is 0 Å². The van der Waals surface area contributed by atoms with E-state index in [1.165, 1.54) is 6.92 Å². The molecule has 0 aliphatic heterocycles. The lowest BCUT2D eigenvalue weighted by Crippen LogP contribution is -2.47. The molecule has 0 radical (unpaired) electrons. The number of anilines is 2. The van der Waals surface area contributed by atoms with Gasteiger partial charge in [-0.2, -0.15) is 13.2 Å². The highest BCUT2D eigenvalue weighted by atomic mass is 19.4. The van der Waals surface area contributed by atoms with E-state index in [1.807, 2.05) is 0 Å². The molecule has 0 aliphatic carbocycles. The van der Waals surface area contributed by atoms with Gasteiger partial charge in [0, 0.05) is 5.54 Å². The van der Waals surface area contributed by atoms with Crippen LogP contribution in [0.3, 0.4) is 0 Å². The summed E-state index contributed by atoms with van der Waals surface area (Å²) in [5.41, 5.74) is 4.01. The predicted octanol–water partition coefficient (Wildman–Crippen LogP) is 2.40. The molecule has 1 aromatic heterocycles. The first-order valence-electron chi connectivity index (χ1n) is 6.32. The Morgan fingerprint density at radius 1 is 1.29 bits per heavy atom. The van der Waals surface area contributed by atoms with Crippen LogP contribution in [0.25, 0.3) is 0 Å². The summed E-state index contributed by atoms with van der Waals surface area (Å²) in [5, 5.41) is 5.33. The van der Waals surface area contributed by atoms with Crippen molar-refractivity contribution >= 4 is 17.5 Å². The fraction of sp³-hybridized carbons (Fsp3) is 0.538. The fourth-order valence-electron chi connectivity index (χ4n) is 1.55. The zero-order valence-corrected chi connectivity index (χ0v) is 12.3. The molecule has 1 rings (SSSR count). The highest BCUT2D eigenvalue weighted by Gasteiger charge is 2.31. The maximum atomic E-state index is 12.7. The Bertz CT molecular complexity index is 523. The average molecular weight is 304 g/mol. The largest absolute Gasteiger partial charge is 0.416 e. The van der Waals surface area contributed by atoms with Crippen LogP contribution < -0.4 is 16.4 Å². The smallest absolute Gasteiger partial charge is 0.384 e. The van der Waals surface area contributed by atoms with E-state index in [-0.39, 0.29) is 17.5 Å². The van der Waals surface area contributed by atoms with Gasteiger partial charge in [0.2, 0.25) is 5.91 Å². The molecule has 1 aromatic rings. The summed E-state index contributed by atoms with van der Waals surface area (Å²) < 4.78 is 38.0. The number of pyridine rings is 1. The second-order valence-electron chi connectivity index (χ2n) is 5.77. The Morgan fingerprint density at radius 3 is 2.33 bits per heavy atom. The van der Waals surface area contributed by atoms with Gasteiger partial charge in [0.15, 0.2) is 0 Å². The van der Waals surface area contributed by atoms with Crippen molar-refractivity contribution in [3.05, 3.63) is 17.7 Å². The molecule has 0 aromatic carbocycles. The van der Waals surface area contributed by atoms with E-state index in [4.69, 9.17) is 5.73 Å². The van der Waals surface area contributed by atoms with Gasteiger partial charge in [-0.3, -0.25) is 4.79 Å². The van der Waals surface area contributed by atoms with Crippen molar-refractivity contribution in [3.8, 4) is 0 Å². The van der Waals surface area contributed by atoms with Gasteiger partial charge in [0.25, 0.3) is 0 Å². The van der Waals surface area contributed by atoms with Crippen molar-refractivity contribution < 1.29 is 18.0 Å². The standard InChI is InChI=1S/C13H19F3N4O/c1-7(11(21)20-12(2,3)4)18-10-6-8(13(14,15)16)5-9(17)19-10/h5-7H,1-4H3,(H,20,21)(H3,17,18,19). The van der Waals surface area contributed by atoms with Gasteiger partial charge < -0.3 is 16.4 Å². The van der Waals surface area contributed by atoms with Crippen LogP contribution in [0.1, 0.15) is 33.3 Å². The van der Waals surface area contributed by atoms with Crippen molar-refractivity contribution in [3.63, 3.8) is 0 Å². The van der Waals surface area contributed by atoms with Gasteiger partial charge in [-0.25, -0.2) is 4.98 Å². The number of nitrogen functional groups attached to an aromatic ring is 1. The van der Waals surface area contributed by atoms with Gasteiger partial charge in [-0.1, -0.05) is 0 Å². The first kappa shape index (κ1) is 17.1. The van der Waals surface area contributed by atoms with Crippen LogP contribution in [-0.4, -0.2) is 22.5 Å². The number of hydrogen-bond acceptors (Lipinski definition) is 4. The summed E-state index contributed by atoms with van der Waals surface area (Å²) in [5.74, 6) is -0.713. The number of nitrogens with two attached hydrogens (primary N) is 1. The number of hydrogen-bond donors (Lipinski definition) is 3. The van der Waals surface area contributed by atoms with Crippen LogP contribution in [0, 0.1) is 0 Å². The maximum Gasteiger partial charge on any atom is 0.416 e. The molecule has 0 saturated carbocycles. The lowest BCUT2D eigenvalue weighted by molar-refractivity contribution is -0.137. The van der Waals surface area contributed by atoms with Crippen molar-refractivity contribution in [2.75, 3.05) is 11.1 Å². The number of halogens is 3. The zero-order valence-electron chi connectivity index (χ0n) is 12.3. The van der Waals surface area contributed by atoms with Gasteiger partial charge in [-0.15, -0.1) is 0 Å². The molecule has 0 saturated heterocycles. The van der Waals surface area contributed by atoms with Crippen molar-refractivity contribution in [1.82, 2.24) is 10.3 Å². The Kier molecular flexibility index (Phi) is 4.70. The van der Waals surface area contributed by atoms with Gasteiger partial charge in [0.1, 0.15) is 17.7 Å². The van der Waals surface area contributed by atoms with E-state index in [0.717, 1.165) is 12.1 Å². The molecule has 1 atom stereocenters. The Labute approximate surface area is 121 Å². The SMILES string of the molecule is CC(Nc1cc(C(F)(F)F)cc(N)n1)C(=O)NC(C)(C)C. The lowest BCUT2D eigenvalue weighted by Gasteiger charge is -2.24. The summed E-state index contributed by atoms with van der Waals surface area (Å²) in [7, 11) is 0. The molecular weight excluding hydrogens is 285 g/mol. The van der Waals surface area contributed by atoms with Crippen LogP contribution in [0.4, 0.5) is 24.8 Å². The number of alkyl halides is 3. The van der Waals surface area contributed by atoms with E-state index >= 15 is 0 Å². The minimum absolute atomic E-state index is 0.0983. The van der Waals surface area contributed by atoms with Crippen LogP contribution in [0.15, 0.2) is 12.1 Å². The summed E-state index contributed by atoms with van der Waals surface area (Å²) in [4.78, 5) is 15.6. The van der Waals surface area contributed by atoms with Crippen LogP contribution in [0.5, 0.6) is 0 Å². The minimum Gasteiger partial charge on any atom is -0.384 e. The first-order valence-corrected chi connectivity index (χ1v) is 6.32. The van der Waals surface area contributed by atoms with Crippen molar-refractivity contribution in [2.45, 2.75) is 45.5 Å². The highest BCUT2D eigenvalue weighted by Crippen LogP contribution is 2.31. The van der Waals surface area contributed by atoms with E-state index in [2.05, 4.69) is 15.6 Å². The number of nitrogens with zero attached hydrogens (tertiary/aromatic N) is 1. The van der Waals surface area contributed by atoms with Gasteiger partial charge in [0.05, 0.1) is 5.56 Å². The molecule has 1 amide bonds. The summed E-state index contributed by atoms with van der Waals surface area (Å²) in [6.07, 6.45) is -4.52. The highest BCUT2D eigenvalue weighted by molar-refractivity contribution is 5.84. The number of carbonyl (C=O) groups is 1. The summed E-state index contributed by atoms with van der Waals surface area (Å²) in [6, 6.07) is 0.807. The van der Waals surface area contributed by atoms with Gasteiger partial charge in [-0.05, 0) is 39.8 Å². The molecule has 1 unspecified atom stereocenters. The topological polar surface area (TPSA) is 80.0 Å². The maximum absolute atomic E-state index is 12.7. The number of rotatable bonds is 3. The fourth-order valence-corrected chi connectivity index (χ4v) is 1.55. The molecule has 4 N–H and O–H groups in total. The molecule has 21 heavy (non-hydrogen) atoms. The summed E-state index contributed by atoms with van der Waals surface area (Å²) in [6.45, 7) is 6.94. The quantitative estimate of drug-likeness (QED) is 0.801. The molecule has 5 nitrogen and oxygen atoms in total. The summed E-state index contributed by atoms with van der Waals surface area (Å²) >= 11 is 0. The van der Waals surface area contributed by atoms with Crippen LogP contribution in [0.2, 0.25) is 0 Å². The second-order valence-corrected chi connectivity index (χ2v) is 5.77. The normalized spacial score (nSPS) is 13.7. The molecule has 0 fully saturated rings. The zero-order chi connectivity index (χ0) is 16.4. The van der Waals surface area contributed by atoms with Crippen LogP contribution in [-0.2, 0) is 11.0 Å². The third-order valence-corrected chi connectivity index (χ3v) is 2.43. The Hall–Kier alpha value is -1.99. The lowest BCUT2D eigenvalue weighted by atomic mass is 10.1. The van der Waals surface area contributed by atoms with Crippen molar-refractivity contribution in [1.29, 1.82) is 0 Å². The average Bonchev–Trinajstić information content (AvgIpc) is 2.24. The molecular formula is C13H19F3N4O.